The molecule has 0 radical (unpaired) electrons. The number of hydrogen-bond acceptors (Lipinski definition) is 3. The Balaban J connectivity index is 3.86. The molecule has 0 unspecified atom stereocenters. The van der Waals surface area contributed by atoms with Gasteiger partial charge in [0.25, 0.3) is 0 Å². The molecule has 0 saturated heterocycles. The average molecular weight is 234 g/mol. The molecule has 0 N–H and O–H groups in total. The third-order valence-corrected chi connectivity index (χ3v) is 7.51. The highest BCUT2D eigenvalue weighted by Gasteiger charge is 2.13. The maximum atomic E-state index is 11.0. The quantitative estimate of drug-likeness (QED) is 0.694. The molecule has 0 spiro atoms. The summed E-state index contributed by atoms with van der Waals surface area (Å²) in [4.78, 5) is 0. The molecule has 7 heteroatoms. The first kappa shape index (κ1) is 12.1. The Labute approximate surface area is 74.6 Å². The number of rotatable bonds is 4. The summed E-state index contributed by atoms with van der Waals surface area (Å²) in [5.74, 6) is 0. The van der Waals surface area contributed by atoms with Gasteiger partial charge in [-0.25, -0.2) is 8.42 Å². The minimum Gasteiger partial charge on any atom is -0.224 e. The standard InChI is InChI=1S/C4H12O3P2S2/c1-8(2)10(5)7-11(6)9(3)4/h1-4H3. The molecule has 0 rings (SSSR count). The van der Waals surface area contributed by atoms with Crippen molar-refractivity contribution in [1.29, 1.82) is 0 Å². The zero-order chi connectivity index (χ0) is 9.02. The van der Waals surface area contributed by atoms with E-state index >= 15 is 0 Å². The van der Waals surface area contributed by atoms with Crippen molar-refractivity contribution < 1.29 is 12.0 Å². The van der Waals surface area contributed by atoms with E-state index in [9.17, 15) is 8.42 Å². The smallest absolute Gasteiger partial charge is 0.190 e. The molecule has 3 nitrogen and oxygen atoms in total. The molecular weight excluding hydrogens is 222 g/mol. The van der Waals surface area contributed by atoms with Crippen LogP contribution in [0.1, 0.15) is 0 Å². The fourth-order valence-electron chi connectivity index (χ4n) is 0.172. The Morgan fingerprint density at radius 3 is 1.36 bits per heavy atom. The van der Waals surface area contributed by atoms with Crippen molar-refractivity contribution in [2.24, 2.45) is 0 Å². The Morgan fingerprint density at radius 1 is 0.909 bits per heavy atom. The van der Waals surface area contributed by atoms with Crippen molar-refractivity contribution >= 4 is 35.6 Å². The molecule has 0 fully saturated rings. The van der Waals surface area contributed by atoms with Crippen LogP contribution in [0.15, 0.2) is 0 Å². The highest BCUT2D eigenvalue weighted by molar-refractivity contribution is 8.51. The van der Waals surface area contributed by atoms with Gasteiger partial charge in [-0.05, 0) is 26.7 Å². The lowest BCUT2D eigenvalue weighted by molar-refractivity contribution is 0.586. The molecule has 11 heavy (non-hydrogen) atoms. The Morgan fingerprint density at radius 2 is 1.18 bits per heavy atom. The molecule has 68 valence electrons. The first-order valence-electron chi connectivity index (χ1n) is 2.82. The maximum absolute atomic E-state index is 11.0. The van der Waals surface area contributed by atoms with E-state index in [0.717, 1.165) is 0 Å². The second kappa shape index (κ2) is 5.71. The molecule has 0 aromatic rings. The van der Waals surface area contributed by atoms with Gasteiger partial charge in [-0.2, -0.15) is 3.63 Å². The van der Waals surface area contributed by atoms with Crippen LogP contribution in [0.5, 0.6) is 0 Å². The van der Waals surface area contributed by atoms with E-state index in [1.165, 1.54) is 0 Å². The Kier molecular flexibility index (Phi) is 6.29. The minimum atomic E-state index is -1.34. The van der Waals surface area contributed by atoms with Gasteiger partial charge in [0.2, 0.25) is 0 Å². The first-order chi connectivity index (χ1) is 4.95. The fraction of sp³-hybridized carbons (Fsp3) is 1.00. The summed E-state index contributed by atoms with van der Waals surface area (Å²) in [6, 6.07) is 0. The van der Waals surface area contributed by atoms with E-state index in [2.05, 4.69) is 0 Å². The van der Waals surface area contributed by atoms with Crippen LogP contribution in [-0.2, 0) is 25.0 Å². The van der Waals surface area contributed by atoms with Gasteiger partial charge in [-0.15, -0.1) is 0 Å². The summed E-state index contributed by atoms with van der Waals surface area (Å²) >= 11 is 0. The minimum absolute atomic E-state index is 0.652. The largest absolute Gasteiger partial charge is 0.224 e. The van der Waals surface area contributed by atoms with Gasteiger partial charge >= 0.3 is 0 Å². The molecule has 0 aliphatic heterocycles. The van der Waals surface area contributed by atoms with E-state index in [0.29, 0.717) is 0 Å². The summed E-state index contributed by atoms with van der Waals surface area (Å²) in [5.41, 5.74) is 0. The predicted octanol–water partition coefficient (Wildman–Crippen LogP) is 1.64. The lowest BCUT2D eigenvalue weighted by Crippen LogP contribution is -1.96. The third kappa shape index (κ3) is 5.37. The monoisotopic (exact) mass is 234 g/mol. The van der Waals surface area contributed by atoms with Crippen LogP contribution in [0, 0.1) is 0 Å². The van der Waals surface area contributed by atoms with Crippen LogP contribution in [0.2, 0.25) is 0 Å². The fourth-order valence-corrected chi connectivity index (χ4v) is 5.16. The van der Waals surface area contributed by atoms with Gasteiger partial charge in [-0.3, -0.25) is 0 Å². The van der Waals surface area contributed by atoms with E-state index in [1.807, 2.05) is 26.7 Å². The van der Waals surface area contributed by atoms with Gasteiger partial charge in [0.1, 0.15) is 0 Å². The summed E-state index contributed by atoms with van der Waals surface area (Å²) in [7, 11) is -3.99. The molecule has 0 amide bonds. The van der Waals surface area contributed by atoms with Crippen LogP contribution >= 0.6 is 14.2 Å². The summed E-state index contributed by atoms with van der Waals surface area (Å²) in [6.45, 7) is 7.32. The Hall–Kier alpha value is 1.12. The lowest BCUT2D eigenvalue weighted by Gasteiger charge is -2.06. The molecule has 0 aliphatic carbocycles. The molecule has 0 heterocycles. The molecule has 0 bridgehead atoms. The van der Waals surface area contributed by atoms with Gasteiger partial charge < -0.3 is 0 Å². The first-order valence-corrected chi connectivity index (χ1v) is 10.7. The maximum Gasteiger partial charge on any atom is 0.190 e. The average Bonchev–Trinajstić information content (AvgIpc) is 1.87. The lowest BCUT2D eigenvalue weighted by atomic mass is 11.9. The predicted molar refractivity (Wildman–Crippen MR) is 54.9 cm³/mol. The van der Waals surface area contributed by atoms with Crippen LogP contribution in [-0.4, -0.2) is 35.1 Å². The van der Waals surface area contributed by atoms with Gasteiger partial charge in [0, 0.05) is 14.2 Å². The normalized spacial score (nSPS) is 17.3. The molecular formula is C4H12O3P2S2. The number of hydrogen-bond donors (Lipinski definition) is 0. The van der Waals surface area contributed by atoms with E-state index < -0.39 is 35.6 Å². The second-order valence-electron chi connectivity index (χ2n) is 2.13. The van der Waals surface area contributed by atoms with Crippen LogP contribution in [0.25, 0.3) is 0 Å². The van der Waals surface area contributed by atoms with Crippen LogP contribution in [0.3, 0.4) is 0 Å². The van der Waals surface area contributed by atoms with Crippen molar-refractivity contribution in [2.45, 2.75) is 0 Å². The highest BCUT2D eigenvalue weighted by atomic mass is 32.8. The summed E-state index contributed by atoms with van der Waals surface area (Å²) in [6.07, 6.45) is 0. The van der Waals surface area contributed by atoms with Crippen molar-refractivity contribution in [1.82, 2.24) is 0 Å². The molecule has 0 aromatic carbocycles. The molecule has 0 aromatic heterocycles. The summed E-state index contributed by atoms with van der Waals surface area (Å²) in [5, 5.41) is 0. The molecule has 0 saturated carbocycles. The van der Waals surface area contributed by atoms with Crippen molar-refractivity contribution in [3.63, 3.8) is 0 Å². The van der Waals surface area contributed by atoms with Crippen molar-refractivity contribution in [3.8, 4) is 0 Å². The van der Waals surface area contributed by atoms with Gasteiger partial charge in [0.15, 0.2) is 21.4 Å². The summed E-state index contributed by atoms with van der Waals surface area (Å²) < 4.78 is 26.8. The Bertz CT molecular complexity index is 153. The van der Waals surface area contributed by atoms with Crippen molar-refractivity contribution in [3.05, 3.63) is 0 Å². The van der Waals surface area contributed by atoms with Crippen LogP contribution in [0.4, 0.5) is 0 Å². The third-order valence-electron chi connectivity index (χ3n) is 0.713. The SMILES string of the molecule is CP(C)S(=O)OS(=O)P(C)C. The second-order valence-corrected chi connectivity index (χ2v) is 13.0. The van der Waals surface area contributed by atoms with E-state index in [4.69, 9.17) is 3.63 Å². The van der Waals surface area contributed by atoms with Gasteiger partial charge in [-0.1, -0.05) is 0 Å². The molecule has 0 atom stereocenters. The van der Waals surface area contributed by atoms with Crippen molar-refractivity contribution in [2.75, 3.05) is 26.7 Å². The van der Waals surface area contributed by atoms with Gasteiger partial charge in [0.05, 0.1) is 0 Å². The van der Waals surface area contributed by atoms with E-state index in [1.54, 1.807) is 0 Å². The topological polar surface area (TPSA) is 43.4 Å². The highest BCUT2D eigenvalue weighted by Crippen LogP contribution is 2.38. The molecule has 0 aliphatic rings. The zero-order valence-corrected chi connectivity index (χ0v) is 10.4. The zero-order valence-electron chi connectivity index (χ0n) is 6.94. The van der Waals surface area contributed by atoms with Crippen LogP contribution < -0.4 is 0 Å². The van der Waals surface area contributed by atoms with E-state index in [-0.39, 0.29) is 0 Å².